The largest absolute Gasteiger partial charge is 0.480 e. The van der Waals surface area contributed by atoms with Crippen molar-refractivity contribution in [2.75, 3.05) is 5.32 Å². The van der Waals surface area contributed by atoms with E-state index >= 15 is 0 Å². The van der Waals surface area contributed by atoms with E-state index in [9.17, 15) is 14.7 Å². The molecule has 2 atom stereocenters. The molecule has 9 heteroatoms. The van der Waals surface area contributed by atoms with Crippen LogP contribution >= 0.6 is 11.6 Å². The van der Waals surface area contributed by atoms with E-state index in [0.717, 1.165) is 11.1 Å². The molecule has 3 N–H and O–H groups in total. The Morgan fingerprint density at radius 3 is 2.42 bits per heavy atom. The summed E-state index contributed by atoms with van der Waals surface area (Å²) in [6, 6.07) is 13.1. The number of aryl methyl sites for hydroxylation is 1. The van der Waals surface area contributed by atoms with E-state index in [4.69, 9.17) is 11.6 Å². The van der Waals surface area contributed by atoms with Crippen LogP contribution in [0.1, 0.15) is 31.9 Å². The molecule has 0 radical (unpaired) electrons. The van der Waals surface area contributed by atoms with E-state index in [-0.39, 0.29) is 17.5 Å². The van der Waals surface area contributed by atoms with E-state index in [1.54, 1.807) is 6.20 Å². The van der Waals surface area contributed by atoms with Crippen molar-refractivity contribution >= 4 is 29.2 Å². The third kappa shape index (κ3) is 6.40. The summed E-state index contributed by atoms with van der Waals surface area (Å²) in [4.78, 5) is 25.4. The van der Waals surface area contributed by atoms with Crippen LogP contribution in [0.15, 0.2) is 54.7 Å². The third-order valence-electron chi connectivity index (χ3n) is 5.20. The number of benzene rings is 2. The zero-order chi connectivity index (χ0) is 24.2. The Morgan fingerprint density at radius 2 is 1.85 bits per heavy atom. The minimum Gasteiger partial charge on any atom is -0.480 e. The number of aromatic nitrogens is 3. The normalized spacial score (nSPS) is 13.4. The van der Waals surface area contributed by atoms with Crippen LogP contribution in [0.3, 0.4) is 0 Å². The van der Waals surface area contributed by atoms with Gasteiger partial charge in [0.15, 0.2) is 5.15 Å². The molecule has 3 rings (SSSR count). The molecule has 0 fully saturated rings. The molecule has 3 aromatic rings. The van der Waals surface area contributed by atoms with Gasteiger partial charge in [-0.1, -0.05) is 74.0 Å². The predicted octanol–water partition coefficient (Wildman–Crippen LogP) is 3.87. The number of amides is 1. The van der Waals surface area contributed by atoms with Crippen LogP contribution in [-0.4, -0.2) is 44.1 Å². The minimum atomic E-state index is -1.02. The quantitative estimate of drug-likeness (QED) is 0.462. The summed E-state index contributed by atoms with van der Waals surface area (Å²) < 4.78 is 1.48. The molecule has 0 aliphatic carbocycles. The van der Waals surface area contributed by atoms with E-state index in [2.05, 4.69) is 20.9 Å². The number of carbonyl (C=O) groups is 2. The molecule has 0 spiro atoms. The second-order valence-electron chi connectivity index (χ2n) is 9.04. The van der Waals surface area contributed by atoms with E-state index in [1.165, 1.54) is 4.68 Å². The van der Waals surface area contributed by atoms with Gasteiger partial charge in [-0.2, -0.15) is 0 Å². The molecule has 174 valence electrons. The molecule has 8 nitrogen and oxygen atoms in total. The van der Waals surface area contributed by atoms with Gasteiger partial charge in [-0.3, -0.25) is 14.9 Å². The molecule has 0 aliphatic rings. The van der Waals surface area contributed by atoms with Gasteiger partial charge in [0.25, 0.3) is 0 Å². The average Bonchev–Trinajstić information content (AvgIpc) is 3.16. The number of halogens is 1. The summed E-state index contributed by atoms with van der Waals surface area (Å²) in [5.74, 6) is -1.37. The number of aliphatic carboxylic acids is 1. The second-order valence-corrected chi connectivity index (χ2v) is 9.43. The Hall–Kier alpha value is -3.23. The lowest BCUT2D eigenvalue weighted by atomic mass is 9.85. The Bertz CT molecular complexity index is 1120. The van der Waals surface area contributed by atoms with Gasteiger partial charge in [0, 0.05) is 0 Å². The fourth-order valence-electron chi connectivity index (χ4n) is 3.50. The number of hydrogen-bond acceptors (Lipinski definition) is 5. The fourth-order valence-corrected chi connectivity index (χ4v) is 3.63. The SMILES string of the molecule is Cc1ccc(-n2cc(Cl)nn2)c(NC(=O)C(N[C@@H](Cc2ccccc2)C(=O)O)C(C)(C)C)c1. The summed E-state index contributed by atoms with van der Waals surface area (Å²) >= 11 is 5.92. The smallest absolute Gasteiger partial charge is 0.321 e. The number of nitrogens with one attached hydrogen (secondary N) is 2. The highest BCUT2D eigenvalue weighted by atomic mass is 35.5. The molecule has 33 heavy (non-hydrogen) atoms. The van der Waals surface area contributed by atoms with Crippen LogP contribution in [0.4, 0.5) is 5.69 Å². The first kappa shape index (κ1) is 24.4. The predicted molar refractivity (Wildman–Crippen MR) is 128 cm³/mol. The van der Waals surface area contributed by atoms with E-state index < -0.39 is 23.5 Å². The topological polar surface area (TPSA) is 109 Å². The minimum absolute atomic E-state index is 0.229. The van der Waals surface area contributed by atoms with Gasteiger partial charge in [-0.15, -0.1) is 5.10 Å². The number of anilines is 1. The number of carboxylic acids is 1. The highest BCUT2D eigenvalue weighted by Gasteiger charge is 2.35. The van der Waals surface area contributed by atoms with Crippen LogP contribution in [0, 0.1) is 12.3 Å². The number of carboxylic acid groups (broad SMARTS) is 1. The number of rotatable bonds is 8. The molecule has 0 saturated heterocycles. The Labute approximate surface area is 198 Å². The molecule has 1 heterocycles. The fraction of sp³-hybridized carbons (Fsp3) is 0.333. The molecule has 1 amide bonds. The molecular weight excluding hydrogens is 442 g/mol. The second kappa shape index (κ2) is 10.1. The van der Waals surface area contributed by atoms with Gasteiger partial charge >= 0.3 is 5.97 Å². The van der Waals surface area contributed by atoms with Crippen LogP contribution in [0.5, 0.6) is 0 Å². The van der Waals surface area contributed by atoms with E-state index in [0.29, 0.717) is 11.4 Å². The molecule has 2 aromatic carbocycles. The van der Waals surface area contributed by atoms with Gasteiger partial charge in [-0.25, -0.2) is 4.68 Å². The van der Waals surface area contributed by atoms with Crippen LogP contribution in [0.25, 0.3) is 5.69 Å². The van der Waals surface area contributed by atoms with Crippen molar-refractivity contribution in [1.82, 2.24) is 20.3 Å². The first-order valence-corrected chi connectivity index (χ1v) is 10.9. The van der Waals surface area contributed by atoms with Crippen molar-refractivity contribution in [3.63, 3.8) is 0 Å². The lowest BCUT2D eigenvalue weighted by Crippen LogP contribution is -2.55. The van der Waals surface area contributed by atoms with Crippen molar-refractivity contribution in [3.05, 3.63) is 71.0 Å². The molecule has 1 unspecified atom stereocenters. The summed E-state index contributed by atoms with van der Waals surface area (Å²) in [6.07, 6.45) is 1.80. The van der Waals surface area contributed by atoms with Crippen LogP contribution < -0.4 is 10.6 Å². The molecule has 0 saturated carbocycles. The summed E-state index contributed by atoms with van der Waals surface area (Å²) in [6.45, 7) is 7.58. The van der Waals surface area contributed by atoms with Crippen LogP contribution in [-0.2, 0) is 16.0 Å². The van der Waals surface area contributed by atoms with Crippen molar-refractivity contribution in [2.24, 2.45) is 5.41 Å². The number of carbonyl (C=O) groups excluding carboxylic acids is 1. The summed E-state index contributed by atoms with van der Waals surface area (Å²) in [5.41, 5.74) is 2.37. The van der Waals surface area contributed by atoms with Crippen LogP contribution in [0.2, 0.25) is 5.15 Å². The number of hydrogen-bond donors (Lipinski definition) is 3. The third-order valence-corrected chi connectivity index (χ3v) is 5.37. The maximum Gasteiger partial charge on any atom is 0.321 e. The van der Waals surface area contributed by atoms with Gasteiger partial charge in [0.1, 0.15) is 6.04 Å². The monoisotopic (exact) mass is 469 g/mol. The van der Waals surface area contributed by atoms with Gasteiger partial charge in [0.2, 0.25) is 5.91 Å². The molecular formula is C24H28ClN5O3. The van der Waals surface area contributed by atoms with Crippen molar-refractivity contribution in [2.45, 2.75) is 46.2 Å². The zero-order valence-electron chi connectivity index (χ0n) is 19.0. The first-order valence-electron chi connectivity index (χ1n) is 10.6. The van der Waals surface area contributed by atoms with Gasteiger partial charge in [-0.05, 0) is 42.0 Å². The summed E-state index contributed by atoms with van der Waals surface area (Å²) in [5, 5.41) is 23.9. The Balaban J connectivity index is 1.87. The molecule has 1 aromatic heterocycles. The highest BCUT2D eigenvalue weighted by Crippen LogP contribution is 2.26. The average molecular weight is 470 g/mol. The van der Waals surface area contributed by atoms with Gasteiger partial charge < -0.3 is 10.4 Å². The lowest BCUT2D eigenvalue weighted by molar-refractivity contribution is -0.140. The van der Waals surface area contributed by atoms with Crippen molar-refractivity contribution in [1.29, 1.82) is 0 Å². The standard InChI is InChI=1S/C24H28ClN5O3/c1-15-10-11-19(30-14-20(25)28-29-30)17(12-15)27-22(31)21(24(2,3)4)26-18(23(32)33)13-16-8-6-5-7-9-16/h5-12,14,18,21,26H,13H2,1-4H3,(H,27,31)(H,32,33)/t18-,21?/m0/s1. The highest BCUT2D eigenvalue weighted by molar-refractivity contribution is 6.29. The first-order chi connectivity index (χ1) is 15.5. The lowest BCUT2D eigenvalue weighted by Gasteiger charge is -2.33. The molecule has 0 bridgehead atoms. The van der Waals surface area contributed by atoms with Gasteiger partial charge in [0.05, 0.1) is 23.6 Å². The van der Waals surface area contributed by atoms with E-state index in [1.807, 2.05) is 76.2 Å². The molecule has 0 aliphatic heterocycles. The Morgan fingerprint density at radius 1 is 1.15 bits per heavy atom. The summed E-state index contributed by atoms with van der Waals surface area (Å²) in [7, 11) is 0. The Kier molecular flexibility index (Phi) is 7.50. The zero-order valence-corrected chi connectivity index (χ0v) is 19.8. The van der Waals surface area contributed by atoms with Crippen molar-refractivity contribution < 1.29 is 14.7 Å². The van der Waals surface area contributed by atoms with Crippen molar-refractivity contribution in [3.8, 4) is 5.69 Å². The number of nitrogens with zero attached hydrogens (tertiary/aromatic N) is 3. The maximum absolute atomic E-state index is 13.4. The maximum atomic E-state index is 13.4.